The fourth-order valence-electron chi connectivity index (χ4n) is 3.99. The fraction of sp³-hybridized carbons (Fsp3) is 0.409. The molecule has 30 heavy (non-hydrogen) atoms. The predicted molar refractivity (Wildman–Crippen MR) is 122 cm³/mol. The van der Waals surface area contributed by atoms with Crippen molar-refractivity contribution in [3.8, 4) is 0 Å². The van der Waals surface area contributed by atoms with Crippen LogP contribution in [-0.2, 0) is 14.8 Å². The number of hydrogen-bond acceptors (Lipinski definition) is 5. The Morgan fingerprint density at radius 2 is 1.80 bits per heavy atom. The number of amides is 1. The van der Waals surface area contributed by atoms with E-state index in [1.165, 1.54) is 16.8 Å². The molecule has 1 saturated heterocycles. The van der Waals surface area contributed by atoms with Crippen molar-refractivity contribution in [3.05, 3.63) is 47.5 Å². The Labute approximate surface area is 182 Å². The van der Waals surface area contributed by atoms with Gasteiger partial charge in [0.25, 0.3) is 0 Å². The molecule has 6 nitrogen and oxygen atoms in total. The van der Waals surface area contributed by atoms with Crippen LogP contribution in [0.1, 0.15) is 24.5 Å². The molecular weight excluding hydrogens is 418 g/mol. The number of rotatable bonds is 3. The number of benzene rings is 2. The molecular formula is C22H27N3O3S2. The lowest BCUT2D eigenvalue weighted by atomic mass is 10.1. The number of nitrogens with zero attached hydrogens (tertiary/aromatic N) is 2. The number of carbonyl (C=O) groups excluding carboxylic acids is 1. The van der Waals surface area contributed by atoms with Gasteiger partial charge in [-0.05, 0) is 49.2 Å². The minimum absolute atomic E-state index is 0.0783. The second kappa shape index (κ2) is 8.24. The molecule has 1 atom stereocenters. The Balaban J connectivity index is 1.53. The van der Waals surface area contributed by atoms with Crippen LogP contribution in [0.3, 0.4) is 0 Å². The molecule has 8 heteroatoms. The predicted octanol–water partition coefficient (Wildman–Crippen LogP) is 3.64. The Kier molecular flexibility index (Phi) is 5.83. The minimum atomic E-state index is -3.62. The van der Waals surface area contributed by atoms with Gasteiger partial charge in [0, 0.05) is 48.4 Å². The average Bonchev–Trinajstić information content (AvgIpc) is 2.85. The van der Waals surface area contributed by atoms with E-state index in [2.05, 4.69) is 36.2 Å². The Morgan fingerprint density at radius 3 is 2.53 bits per heavy atom. The summed E-state index contributed by atoms with van der Waals surface area (Å²) in [5.41, 5.74) is 4.24. The molecule has 160 valence electrons. The highest BCUT2D eigenvalue weighted by molar-refractivity contribution is 8.00. The van der Waals surface area contributed by atoms with Gasteiger partial charge in [0.1, 0.15) is 0 Å². The molecule has 0 radical (unpaired) electrons. The van der Waals surface area contributed by atoms with Gasteiger partial charge in [-0.1, -0.05) is 19.1 Å². The van der Waals surface area contributed by atoms with Crippen LogP contribution in [0.25, 0.3) is 0 Å². The van der Waals surface area contributed by atoms with E-state index < -0.39 is 10.0 Å². The van der Waals surface area contributed by atoms with Crippen LogP contribution >= 0.6 is 11.8 Å². The van der Waals surface area contributed by atoms with Crippen LogP contribution in [0.15, 0.2) is 46.2 Å². The van der Waals surface area contributed by atoms with Gasteiger partial charge in [-0.15, -0.1) is 11.8 Å². The largest absolute Gasteiger partial charge is 0.369 e. The second-order valence-corrected chi connectivity index (χ2v) is 11.4. The number of nitrogens with one attached hydrogen (secondary N) is 1. The first-order chi connectivity index (χ1) is 14.3. The van der Waals surface area contributed by atoms with Gasteiger partial charge in [0.2, 0.25) is 15.9 Å². The lowest BCUT2D eigenvalue weighted by Gasteiger charge is -2.36. The Bertz CT molecular complexity index is 1080. The number of sulfonamides is 1. The molecule has 4 rings (SSSR count). The van der Waals surface area contributed by atoms with E-state index in [-0.39, 0.29) is 16.1 Å². The fourth-order valence-corrected chi connectivity index (χ4v) is 6.49. The quantitative estimate of drug-likeness (QED) is 0.781. The normalized spacial score (nSPS) is 20.4. The molecule has 1 unspecified atom stereocenters. The van der Waals surface area contributed by atoms with Crippen LogP contribution in [0.2, 0.25) is 0 Å². The first kappa shape index (κ1) is 21.2. The van der Waals surface area contributed by atoms with Crippen molar-refractivity contribution < 1.29 is 13.2 Å². The molecule has 0 aromatic heterocycles. The molecule has 2 aromatic carbocycles. The molecule has 0 aliphatic carbocycles. The van der Waals surface area contributed by atoms with E-state index in [0.717, 1.165) is 4.90 Å². The van der Waals surface area contributed by atoms with Crippen LogP contribution in [-0.4, -0.2) is 50.1 Å². The summed E-state index contributed by atoms with van der Waals surface area (Å²) in [6, 6.07) is 11.3. The van der Waals surface area contributed by atoms with Gasteiger partial charge in [-0.2, -0.15) is 4.31 Å². The van der Waals surface area contributed by atoms with E-state index in [1.807, 2.05) is 13.0 Å². The summed E-state index contributed by atoms with van der Waals surface area (Å²) < 4.78 is 28.1. The van der Waals surface area contributed by atoms with E-state index in [1.54, 1.807) is 34.3 Å². The van der Waals surface area contributed by atoms with Crippen LogP contribution in [0.4, 0.5) is 11.4 Å². The topological polar surface area (TPSA) is 69.7 Å². The summed E-state index contributed by atoms with van der Waals surface area (Å²) in [6.45, 7) is 8.37. The molecule has 0 spiro atoms. The van der Waals surface area contributed by atoms with Crippen molar-refractivity contribution in [2.45, 2.75) is 42.2 Å². The van der Waals surface area contributed by atoms with Gasteiger partial charge in [0.05, 0.1) is 10.6 Å². The maximum Gasteiger partial charge on any atom is 0.243 e. The highest BCUT2D eigenvalue weighted by atomic mass is 32.2. The summed E-state index contributed by atoms with van der Waals surface area (Å²) in [5, 5.41) is 3.02. The van der Waals surface area contributed by atoms with Crippen LogP contribution in [0, 0.1) is 13.8 Å². The molecule has 2 aliphatic rings. The van der Waals surface area contributed by atoms with Gasteiger partial charge >= 0.3 is 0 Å². The lowest BCUT2D eigenvalue weighted by molar-refractivity contribution is -0.116. The molecule has 0 bridgehead atoms. The molecule has 1 fully saturated rings. The first-order valence-corrected chi connectivity index (χ1v) is 12.5. The number of anilines is 2. The van der Waals surface area contributed by atoms with Gasteiger partial charge < -0.3 is 10.2 Å². The zero-order chi connectivity index (χ0) is 21.5. The first-order valence-electron chi connectivity index (χ1n) is 10.2. The Morgan fingerprint density at radius 1 is 1.07 bits per heavy atom. The number of piperazine rings is 1. The summed E-state index contributed by atoms with van der Waals surface area (Å²) >= 11 is 1.59. The third kappa shape index (κ3) is 4.08. The summed E-state index contributed by atoms with van der Waals surface area (Å²) in [5.74, 6) is -0.0783. The molecule has 0 saturated carbocycles. The minimum Gasteiger partial charge on any atom is -0.369 e. The maximum absolute atomic E-state index is 13.3. The lowest BCUT2D eigenvalue weighted by Crippen LogP contribution is -2.48. The standard InChI is InChI=1S/C22H27N3O3S2/c1-15-5-4-6-20(17(15)3)24-9-11-25(12-10-24)30(27,28)18-7-8-21-19(14-18)23-22(26)13-16(2)29-21/h4-8,14,16H,9-13H2,1-3H3,(H,23,26). The number of aryl methyl sites for hydroxylation is 1. The van der Waals surface area contributed by atoms with E-state index >= 15 is 0 Å². The van der Waals surface area contributed by atoms with Crippen molar-refractivity contribution >= 4 is 39.1 Å². The van der Waals surface area contributed by atoms with Gasteiger partial charge in [-0.3, -0.25) is 4.79 Å². The summed E-state index contributed by atoms with van der Waals surface area (Å²) in [7, 11) is -3.62. The number of hydrogen-bond donors (Lipinski definition) is 1. The van der Waals surface area contributed by atoms with Gasteiger partial charge in [0.15, 0.2) is 0 Å². The number of carbonyl (C=O) groups is 1. The average molecular weight is 446 g/mol. The SMILES string of the molecule is Cc1cccc(N2CCN(S(=O)(=O)c3ccc4c(c3)NC(=O)CC(C)S4)CC2)c1C. The molecule has 2 aromatic rings. The number of fused-ring (bicyclic) bond motifs is 1. The van der Waals surface area contributed by atoms with Crippen molar-refractivity contribution in [1.29, 1.82) is 0 Å². The Hall–Kier alpha value is -2.03. The van der Waals surface area contributed by atoms with E-state index in [0.29, 0.717) is 38.3 Å². The summed E-state index contributed by atoms with van der Waals surface area (Å²) in [6.07, 6.45) is 0.418. The highest BCUT2D eigenvalue weighted by Crippen LogP contribution is 2.37. The smallest absolute Gasteiger partial charge is 0.243 e. The molecule has 2 aliphatic heterocycles. The van der Waals surface area contributed by atoms with Crippen LogP contribution in [0.5, 0.6) is 0 Å². The van der Waals surface area contributed by atoms with Crippen LogP contribution < -0.4 is 10.2 Å². The van der Waals surface area contributed by atoms with E-state index in [9.17, 15) is 13.2 Å². The zero-order valence-corrected chi connectivity index (χ0v) is 19.1. The number of thioether (sulfide) groups is 1. The maximum atomic E-state index is 13.3. The molecule has 2 heterocycles. The highest BCUT2D eigenvalue weighted by Gasteiger charge is 2.30. The van der Waals surface area contributed by atoms with Crippen molar-refractivity contribution in [2.75, 3.05) is 36.4 Å². The van der Waals surface area contributed by atoms with E-state index in [4.69, 9.17) is 0 Å². The van der Waals surface area contributed by atoms with Crippen molar-refractivity contribution in [3.63, 3.8) is 0 Å². The molecule has 1 amide bonds. The second-order valence-electron chi connectivity index (χ2n) is 7.95. The third-order valence-electron chi connectivity index (χ3n) is 5.82. The zero-order valence-electron chi connectivity index (χ0n) is 17.5. The monoisotopic (exact) mass is 445 g/mol. The summed E-state index contributed by atoms with van der Waals surface area (Å²) in [4.78, 5) is 15.4. The molecule has 1 N–H and O–H groups in total. The van der Waals surface area contributed by atoms with Crippen molar-refractivity contribution in [1.82, 2.24) is 4.31 Å². The third-order valence-corrected chi connectivity index (χ3v) is 8.89. The van der Waals surface area contributed by atoms with Gasteiger partial charge in [-0.25, -0.2) is 8.42 Å². The van der Waals surface area contributed by atoms with Crippen molar-refractivity contribution in [2.24, 2.45) is 0 Å².